The molecule has 0 amide bonds. The van der Waals surface area contributed by atoms with Gasteiger partial charge < -0.3 is 28.4 Å². The summed E-state index contributed by atoms with van der Waals surface area (Å²) in [5.74, 6) is 3.39. The van der Waals surface area contributed by atoms with Gasteiger partial charge in [0.25, 0.3) is 0 Å². The number of hydrogen-bond acceptors (Lipinski definition) is 7. The van der Waals surface area contributed by atoms with Gasteiger partial charge in [-0.2, -0.15) is 13.2 Å². The first-order chi connectivity index (χ1) is 20.4. The molecule has 7 nitrogen and oxygen atoms in total. The van der Waals surface area contributed by atoms with Crippen molar-refractivity contribution in [3.05, 3.63) is 84.4 Å². The van der Waals surface area contributed by atoms with E-state index in [1.807, 2.05) is 54.6 Å². The SMILES string of the molecule is FC(F)(F)c1cccc(N=P(c2ccc3c(c2)OCCO3)(c2ccc3c(c2)OCCO3)c2ccc3c(c2)OCCO3)c1. The van der Waals surface area contributed by atoms with Crippen LogP contribution in [0.25, 0.3) is 0 Å². The van der Waals surface area contributed by atoms with Crippen LogP contribution in [0.4, 0.5) is 18.9 Å². The fourth-order valence-electron chi connectivity index (χ4n) is 5.24. The molecule has 0 saturated heterocycles. The lowest BCUT2D eigenvalue weighted by Gasteiger charge is -2.30. The first-order valence-electron chi connectivity index (χ1n) is 13.4. The van der Waals surface area contributed by atoms with Gasteiger partial charge in [0.05, 0.1) is 18.3 Å². The van der Waals surface area contributed by atoms with Crippen LogP contribution in [-0.4, -0.2) is 39.6 Å². The zero-order valence-electron chi connectivity index (χ0n) is 22.2. The summed E-state index contributed by atoms with van der Waals surface area (Å²) in [6, 6.07) is 21.8. The highest BCUT2D eigenvalue weighted by molar-refractivity contribution is 7.87. The normalized spacial score (nSPS) is 15.6. The summed E-state index contributed by atoms with van der Waals surface area (Å²) in [5, 5.41) is 2.24. The highest BCUT2D eigenvalue weighted by Crippen LogP contribution is 2.53. The Bertz CT molecular complexity index is 1570. The minimum atomic E-state index is -4.53. The molecule has 7 rings (SSSR count). The first kappa shape index (κ1) is 26.6. The summed E-state index contributed by atoms with van der Waals surface area (Å²) >= 11 is 0. The fraction of sp³-hybridized carbons (Fsp3) is 0.226. The predicted molar refractivity (Wildman–Crippen MR) is 152 cm³/mol. The topological polar surface area (TPSA) is 67.7 Å². The van der Waals surface area contributed by atoms with E-state index in [1.165, 1.54) is 6.07 Å². The van der Waals surface area contributed by atoms with Crippen molar-refractivity contribution in [2.75, 3.05) is 39.6 Å². The third-order valence-electron chi connectivity index (χ3n) is 7.14. The summed E-state index contributed by atoms with van der Waals surface area (Å²) in [4.78, 5) is 0. The van der Waals surface area contributed by atoms with E-state index in [2.05, 4.69) is 0 Å². The van der Waals surface area contributed by atoms with Gasteiger partial charge in [0.15, 0.2) is 34.5 Å². The summed E-state index contributed by atoms with van der Waals surface area (Å²) < 4.78 is 81.8. The maximum absolute atomic E-state index is 13.8. The minimum Gasteiger partial charge on any atom is -0.486 e. The Morgan fingerprint density at radius 3 is 1.31 bits per heavy atom. The third kappa shape index (κ3) is 4.79. The van der Waals surface area contributed by atoms with Crippen molar-refractivity contribution in [1.82, 2.24) is 0 Å². The van der Waals surface area contributed by atoms with Gasteiger partial charge in [0.2, 0.25) is 0 Å². The zero-order chi connectivity index (χ0) is 28.7. The van der Waals surface area contributed by atoms with Crippen LogP contribution in [-0.2, 0) is 6.18 Å². The van der Waals surface area contributed by atoms with E-state index in [-0.39, 0.29) is 5.69 Å². The van der Waals surface area contributed by atoms with Crippen LogP contribution >= 0.6 is 7.05 Å². The number of hydrogen-bond donors (Lipinski definition) is 0. The molecule has 216 valence electrons. The molecule has 0 saturated carbocycles. The van der Waals surface area contributed by atoms with E-state index < -0.39 is 18.8 Å². The van der Waals surface area contributed by atoms with Crippen molar-refractivity contribution in [1.29, 1.82) is 0 Å². The molecule has 0 unspecified atom stereocenters. The number of alkyl halides is 3. The van der Waals surface area contributed by atoms with Crippen molar-refractivity contribution in [3.8, 4) is 34.5 Å². The molecule has 3 aliphatic rings. The molecule has 3 aliphatic heterocycles. The van der Waals surface area contributed by atoms with E-state index in [0.29, 0.717) is 74.1 Å². The lowest BCUT2D eigenvalue weighted by atomic mass is 10.2. The van der Waals surface area contributed by atoms with Crippen LogP contribution in [0.2, 0.25) is 0 Å². The van der Waals surface area contributed by atoms with Gasteiger partial charge in [0.1, 0.15) is 39.6 Å². The molecule has 4 aromatic rings. The summed E-state index contributed by atoms with van der Waals surface area (Å²) in [6.45, 7) is 2.39. The number of fused-ring (bicyclic) bond motifs is 3. The highest BCUT2D eigenvalue weighted by Gasteiger charge is 2.34. The molecule has 42 heavy (non-hydrogen) atoms. The number of nitrogens with zero attached hydrogens (tertiary/aromatic N) is 1. The average molecular weight is 596 g/mol. The lowest BCUT2D eigenvalue weighted by Crippen LogP contribution is -2.28. The molecular weight excluding hydrogens is 570 g/mol. The predicted octanol–water partition coefficient (Wildman–Crippen LogP) is 5.83. The summed E-state index contributed by atoms with van der Waals surface area (Å²) in [7, 11) is -3.14. The van der Waals surface area contributed by atoms with Crippen LogP contribution in [0.3, 0.4) is 0 Å². The lowest BCUT2D eigenvalue weighted by molar-refractivity contribution is -0.137. The number of rotatable bonds is 4. The van der Waals surface area contributed by atoms with Gasteiger partial charge >= 0.3 is 6.18 Å². The first-order valence-corrected chi connectivity index (χ1v) is 15.1. The average Bonchev–Trinajstić information content (AvgIpc) is 3.02. The monoisotopic (exact) mass is 595 g/mol. The van der Waals surface area contributed by atoms with Crippen molar-refractivity contribution in [3.63, 3.8) is 0 Å². The van der Waals surface area contributed by atoms with Gasteiger partial charge in [-0.05, 0) is 72.8 Å². The van der Waals surface area contributed by atoms with Gasteiger partial charge in [-0.15, -0.1) is 0 Å². The number of ether oxygens (including phenoxy) is 6. The van der Waals surface area contributed by atoms with Gasteiger partial charge in [-0.3, -0.25) is 4.74 Å². The molecule has 0 radical (unpaired) electrons. The van der Waals surface area contributed by atoms with E-state index in [4.69, 9.17) is 33.2 Å². The van der Waals surface area contributed by atoms with E-state index in [0.717, 1.165) is 28.0 Å². The Morgan fingerprint density at radius 2 is 0.905 bits per heavy atom. The molecule has 0 spiro atoms. The molecule has 0 aliphatic carbocycles. The molecule has 0 bridgehead atoms. The second kappa shape index (κ2) is 10.5. The third-order valence-corrected chi connectivity index (χ3v) is 10.7. The van der Waals surface area contributed by atoms with Crippen LogP contribution in [0.15, 0.2) is 83.6 Å². The van der Waals surface area contributed by atoms with Gasteiger partial charge in [-0.25, -0.2) is 0 Å². The van der Waals surface area contributed by atoms with Crippen molar-refractivity contribution in [2.45, 2.75) is 6.18 Å². The van der Waals surface area contributed by atoms with Crippen LogP contribution in [0, 0.1) is 0 Å². The Balaban J connectivity index is 1.56. The van der Waals surface area contributed by atoms with Crippen molar-refractivity contribution >= 4 is 28.7 Å². The smallest absolute Gasteiger partial charge is 0.416 e. The molecular formula is C31H25F3NO6P. The highest BCUT2D eigenvalue weighted by atomic mass is 31.2. The number of halogens is 3. The molecule has 11 heteroatoms. The van der Waals surface area contributed by atoms with E-state index >= 15 is 0 Å². The largest absolute Gasteiger partial charge is 0.486 e. The molecule has 4 aromatic carbocycles. The zero-order valence-corrected chi connectivity index (χ0v) is 23.1. The Kier molecular flexibility index (Phi) is 6.66. The molecule has 0 atom stereocenters. The van der Waals surface area contributed by atoms with E-state index in [1.54, 1.807) is 6.07 Å². The number of benzene rings is 4. The maximum Gasteiger partial charge on any atom is 0.416 e. The summed E-state index contributed by atoms with van der Waals surface area (Å²) in [5.41, 5.74) is -0.605. The molecule has 0 aromatic heterocycles. The van der Waals surface area contributed by atoms with E-state index in [9.17, 15) is 13.2 Å². The van der Waals surface area contributed by atoms with Crippen LogP contribution in [0.5, 0.6) is 34.5 Å². The summed E-state index contributed by atoms with van der Waals surface area (Å²) in [6.07, 6.45) is -4.53. The molecule has 3 heterocycles. The van der Waals surface area contributed by atoms with Crippen molar-refractivity contribution < 1.29 is 41.6 Å². The molecule has 0 fully saturated rings. The standard InChI is InChI=1S/C31H25F3NO6P/c32-31(33,34)20-2-1-3-21(16-20)35-42(22-4-7-25-28(17-22)39-13-10-36-25,23-5-8-26-29(18-23)40-14-11-37-26)24-6-9-27-30(19-24)41-15-12-38-27/h1-9,16-19H,10-15H2. The second-order valence-corrected chi connectivity index (χ2v) is 12.8. The fourth-order valence-corrected chi connectivity index (χ4v) is 8.73. The quantitative estimate of drug-likeness (QED) is 0.277. The second-order valence-electron chi connectivity index (χ2n) is 9.77. The minimum absolute atomic E-state index is 0.179. The Hall–Kier alpha value is -4.30. The van der Waals surface area contributed by atoms with Crippen molar-refractivity contribution in [2.24, 2.45) is 4.74 Å². The molecule has 0 N–H and O–H groups in total. The Labute approximate surface area is 239 Å². The van der Waals surface area contributed by atoms with Gasteiger partial charge in [0, 0.05) is 15.9 Å². The van der Waals surface area contributed by atoms with Crippen LogP contribution < -0.4 is 44.3 Å². The Morgan fingerprint density at radius 1 is 0.500 bits per heavy atom. The van der Waals surface area contributed by atoms with Gasteiger partial charge in [-0.1, -0.05) is 6.07 Å². The maximum atomic E-state index is 13.8. The van der Waals surface area contributed by atoms with Crippen LogP contribution in [0.1, 0.15) is 5.56 Å².